The number of carbonyl (C=O) groups excluding carboxylic acids is 1. The molecular weight excluding hydrogens is 290 g/mol. The molecule has 1 heterocycles. The van der Waals surface area contributed by atoms with Gasteiger partial charge in [-0.2, -0.15) is 0 Å². The molecule has 2 aromatic carbocycles. The number of hydrogen-bond acceptors (Lipinski definition) is 4. The highest BCUT2D eigenvalue weighted by Gasteiger charge is 2.31. The number of Topliss-reactive ketones (excluding diaryl/α,β-unsaturated/α-hetero) is 1. The summed E-state index contributed by atoms with van der Waals surface area (Å²) in [4.78, 5) is 12.3. The number of phenols is 1. The number of fused-ring (bicyclic) bond motifs is 1. The molecule has 5 nitrogen and oxygen atoms in total. The maximum absolute atomic E-state index is 12.3. The van der Waals surface area contributed by atoms with Gasteiger partial charge in [0, 0.05) is 5.56 Å². The lowest BCUT2D eigenvalue weighted by molar-refractivity contribution is 0.102. The molecule has 0 saturated carbocycles. The smallest absolute Gasteiger partial charge is 0.262 e. The summed E-state index contributed by atoms with van der Waals surface area (Å²) in [6.45, 7) is 0. The van der Waals surface area contributed by atoms with Gasteiger partial charge < -0.3 is 5.11 Å². The zero-order chi connectivity index (χ0) is 15.0. The summed E-state index contributed by atoms with van der Waals surface area (Å²) in [6, 6.07) is 12.2. The van der Waals surface area contributed by atoms with Crippen molar-refractivity contribution in [3.05, 3.63) is 65.4 Å². The summed E-state index contributed by atoms with van der Waals surface area (Å²) < 4.78 is 26.5. The number of rotatable bonds is 1. The van der Waals surface area contributed by atoms with E-state index in [1.165, 1.54) is 30.3 Å². The Morgan fingerprint density at radius 1 is 1.00 bits per heavy atom. The van der Waals surface area contributed by atoms with E-state index < -0.39 is 10.0 Å². The van der Waals surface area contributed by atoms with Crippen LogP contribution < -0.4 is 4.72 Å². The van der Waals surface area contributed by atoms with E-state index in [2.05, 4.69) is 4.72 Å². The fraction of sp³-hybridized carbons (Fsp3) is 0. The third kappa shape index (κ3) is 2.41. The molecule has 2 N–H and O–H groups in total. The summed E-state index contributed by atoms with van der Waals surface area (Å²) in [5.41, 5.74) is 0.749. The molecule has 0 amide bonds. The summed E-state index contributed by atoms with van der Waals surface area (Å²) >= 11 is 0. The molecule has 6 heteroatoms. The van der Waals surface area contributed by atoms with Crippen LogP contribution in [0.5, 0.6) is 5.75 Å². The second-order valence-corrected chi connectivity index (χ2v) is 6.23. The highest BCUT2D eigenvalue weighted by atomic mass is 32.2. The predicted octanol–water partition coefficient (Wildman–Crippen LogP) is 1.91. The first kappa shape index (κ1) is 13.4. The van der Waals surface area contributed by atoms with Gasteiger partial charge in [-0.05, 0) is 35.9 Å². The van der Waals surface area contributed by atoms with Crippen molar-refractivity contribution in [2.45, 2.75) is 4.90 Å². The lowest BCUT2D eigenvalue weighted by Gasteiger charge is -2.19. The van der Waals surface area contributed by atoms with E-state index in [0.29, 0.717) is 5.56 Å². The maximum atomic E-state index is 12.3. The number of carbonyl (C=O) groups is 1. The van der Waals surface area contributed by atoms with Gasteiger partial charge in [-0.15, -0.1) is 0 Å². The van der Waals surface area contributed by atoms with Gasteiger partial charge in [0.15, 0.2) is 0 Å². The molecule has 0 saturated heterocycles. The molecule has 0 bridgehead atoms. The van der Waals surface area contributed by atoms with Gasteiger partial charge in [0.25, 0.3) is 10.0 Å². The number of ketones is 1. The van der Waals surface area contributed by atoms with E-state index >= 15 is 0 Å². The predicted molar refractivity (Wildman–Crippen MR) is 77.2 cm³/mol. The van der Waals surface area contributed by atoms with Crippen LogP contribution in [0.1, 0.15) is 15.9 Å². The summed E-state index contributed by atoms with van der Waals surface area (Å²) in [7, 11) is -3.74. The quantitative estimate of drug-likeness (QED) is 0.788. The van der Waals surface area contributed by atoms with Crippen LogP contribution in [-0.4, -0.2) is 19.3 Å². The van der Waals surface area contributed by atoms with Crippen LogP contribution in [0.2, 0.25) is 0 Å². The second-order valence-electron chi connectivity index (χ2n) is 4.58. The molecule has 106 valence electrons. The van der Waals surface area contributed by atoms with Gasteiger partial charge in [0.05, 0.1) is 10.6 Å². The number of sulfonamides is 1. The Morgan fingerprint density at radius 2 is 1.67 bits per heavy atom. The number of aromatic hydroxyl groups is 1. The molecular formula is C15H11NO4S. The monoisotopic (exact) mass is 301 g/mol. The highest BCUT2D eigenvalue weighted by molar-refractivity contribution is 7.90. The zero-order valence-corrected chi connectivity index (χ0v) is 11.6. The van der Waals surface area contributed by atoms with E-state index in [9.17, 15) is 18.3 Å². The van der Waals surface area contributed by atoms with Crippen molar-refractivity contribution in [2.75, 3.05) is 0 Å². The van der Waals surface area contributed by atoms with Gasteiger partial charge in [-0.25, -0.2) is 8.42 Å². The average molecular weight is 301 g/mol. The third-order valence-electron chi connectivity index (χ3n) is 3.11. The molecule has 2 aromatic rings. The normalized spacial score (nSPS) is 18.1. The molecule has 0 aromatic heterocycles. The van der Waals surface area contributed by atoms with Crippen LogP contribution in [0.25, 0.3) is 6.08 Å². The number of benzene rings is 2. The standard InChI is InChI=1S/C15H11NO4S/c17-11-7-5-10(6-8-11)9-13-15(18)12-3-1-2-4-14(12)21(19,20)16-13/h1-9,16-17H. The van der Waals surface area contributed by atoms with E-state index in [4.69, 9.17) is 0 Å². The lowest BCUT2D eigenvalue weighted by atomic mass is 10.1. The van der Waals surface area contributed by atoms with E-state index in [0.717, 1.165) is 0 Å². The minimum Gasteiger partial charge on any atom is -0.508 e. The fourth-order valence-corrected chi connectivity index (χ4v) is 3.37. The Kier molecular flexibility index (Phi) is 3.03. The Labute approximate surface area is 121 Å². The van der Waals surface area contributed by atoms with Crippen LogP contribution in [0.15, 0.2) is 59.1 Å². The average Bonchev–Trinajstić information content (AvgIpc) is 2.47. The van der Waals surface area contributed by atoms with Crippen LogP contribution >= 0.6 is 0 Å². The van der Waals surface area contributed by atoms with Gasteiger partial charge in [-0.3, -0.25) is 9.52 Å². The van der Waals surface area contributed by atoms with Crippen molar-refractivity contribution in [3.8, 4) is 5.75 Å². The Bertz CT molecular complexity index is 851. The molecule has 0 unspecified atom stereocenters. The van der Waals surface area contributed by atoms with Crippen molar-refractivity contribution in [1.82, 2.24) is 4.72 Å². The SMILES string of the molecule is O=C1C(=Cc2ccc(O)cc2)NS(=O)(=O)c2ccccc21. The topological polar surface area (TPSA) is 83.5 Å². The Morgan fingerprint density at radius 3 is 2.38 bits per heavy atom. The van der Waals surface area contributed by atoms with Crippen molar-refractivity contribution in [2.24, 2.45) is 0 Å². The number of nitrogens with one attached hydrogen (secondary N) is 1. The summed E-state index contributed by atoms with van der Waals surface area (Å²) in [5, 5.41) is 9.23. The van der Waals surface area contributed by atoms with Crippen molar-refractivity contribution >= 4 is 21.9 Å². The maximum Gasteiger partial charge on any atom is 0.262 e. The van der Waals surface area contributed by atoms with Gasteiger partial charge in [0.2, 0.25) is 5.78 Å². The largest absolute Gasteiger partial charge is 0.508 e. The molecule has 3 rings (SSSR count). The van der Waals surface area contributed by atoms with Gasteiger partial charge >= 0.3 is 0 Å². The molecule has 1 aliphatic heterocycles. The van der Waals surface area contributed by atoms with Crippen molar-refractivity contribution < 1.29 is 18.3 Å². The van der Waals surface area contributed by atoms with Crippen LogP contribution in [0.3, 0.4) is 0 Å². The van der Waals surface area contributed by atoms with E-state index in [1.807, 2.05) is 0 Å². The first-order valence-electron chi connectivity index (χ1n) is 6.15. The molecule has 21 heavy (non-hydrogen) atoms. The van der Waals surface area contributed by atoms with Gasteiger partial charge in [0.1, 0.15) is 5.75 Å². The molecule has 0 fully saturated rings. The van der Waals surface area contributed by atoms with Crippen molar-refractivity contribution in [3.63, 3.8) is 0 Å². The van der Waals surface area contributed by atoms with Crippen LogP contribution in [0, 0.1) is 0 Å². The molecule has 0 aliphatic carbocycles. The molecule has 1 aliphatic rings. The number of phenolic OH excluding ortho intramolecular Hbond substituents is 1. The number of hydrogen-bond donors (Lipinski definition) is 2. The number of allylic oxidation sites excluding steroid dienone is 1. The zero-order valence-electron chi connectivity index (χ0n) is 10.8. The van der Waals surface area contributed by atoms with E-state index in [1.54, 1.807) is 24.3 Å². The van der Waals surface area contributed by atoms with Gasteiger partial charge in [-0.1, -0.05) is 24.3 Å². The minimum absolute atomic E-state index is 0.0145. The Balaban J connectivity index is 2.11. The highest BCUT2D eigenvalue weighted by Crippen LogP contribution is 2.25. The fourth-order valence-electron chi connectivity index (χ4n) is 2.11. The first-order valence-corrected chi connectivity index (χ1v) is 7.63. The van der Waals surface area contributed by atoms with Crippen molar-refractivity contribution in [1.29, 1.82) is 0 Å². The van der Waals surface area contributed by atoms with Crippen LogP contribution in [0.4, 0.5) is 0 Å². The third-order valence-corrected chi connectivity index (χ3v) is 4.54. The lowest BCUT2D eigenvalue weighted by Crippen LogP contribution is -2.34. The second kappa shape index (κ2) is 4.75. The van der Waals surface area contributed by atoms with Crippen LogP contribution in [-0.2, 0) is 10.0 Å². The Hall–Kier alpha value is -2.60. The first-order chi connectivity index (χ1) is 9.97. The molecule has 0 radical (unpaired) electrons. The summed E-state index contributed by atoms with van der Waals surface area (Å²) in [5.74, 6) is -0.286. The van der Waals surface area contributed by atoms with E-state index in [-0.39, 0.29) is 27.7 Å². The summed E-state index contributed by atoms with van der Waals surface area (Å²) in [6.07, 6.45) is 1.44. The molecule has 0 atom stereocenters. The molecule has 0 spiro atoms. The minimum atomic E-state index is -3.74.